The van der Waals surface area contributed by atoms with Crippen LogP contribution in [0.4, 0.5) is 0 Å². The minimum Gasteiger partial charge on any atom is -0.494 e. The molecule has 0 atom stereocenters. The van der Waals surface area contributed by atoms with Crippen molar-refractivity contribution in [2.24, 2.45) is 0 Å². The van der Waals surface area contributed by atoms with Crippen LogP contribution in [0.1, 0.15) is 12.5 Å². The van der Waals surface area contributed by atoms with Crippen LogP contribution < -0.4 is 19.5 Å². The number of amides is 1. The second-order valence-corrected chi connectivity index (χ2v) is 5.68. The minimum absolute atomic E-state index is 0.0897. The molecular weight excluding hydrogens is 342 g/mol. The summed E-state index contributed by atoms with van der Waals surface area (Å²) in [5.41, 5.74) is 0.888. The molecule has 0 bridgehead atoms. The van der Waals surface area contributed by atoms with Gasteiger partial charge in [-0.1, -0.05) is 23.7 Å². The van der Waals surface area contributed by atoms with Gasteiger partial charge in [0.1, 0.15) is 23.9 Å². The van der Waals surface area contributed by atoms with Gasteiger partial charge in [-0.25, -0.2) is 0 Å². The Bertz CT molecular complexity index is 668. The van der Waals surface area contributed by atoms with Gasteiger partial charge >= 0.3 is 0 Å². The first-order valence-electron chi connectivity index (χ1n) is 8.10. The molecule has 0 saturated carbocycles. The highest BCUT2D eigenvalue weighted by Gasteiger charge is 2.08. The van der Waals surface area contributed by atoms with Gasteiger partial charge in [0, 0.05) is 0 Å². The van der Waals surface area contributed by atoms with E-state index in [1.54, 1.807) is 6.07 Å². The Labute approximate surface area is 152 Å². The number of para-hydroxylation sites is 1. The van der Waals surface area contributed by atoms with E-state index in [9.17, 15) is 4.79 Å². The number of halogens is 1. The van der Waals surface area contributed by atoms with Gasteiger partial charge in [0.15, 0.2) is 6.61 Å². The number of ether oxygens (including phenoxy) is 3. The molecule has 0 unspecified atom stereocenters. The molecule has 2 rings (SSSR count). The van der Waals surface area contributed by atoms with Crippen molar-refractivity contribution in [1.29, 1.82) is 0 Å². The molecule has 0 aliphatic rings. The maximum absolute atomic E-state index is 11.8. The zero-order valence-electron chi connectivity index (χ0n) is 14.4. The second-order valence-electron chi connectivity index (χ2n) is 5.28. The number of benzene rings is 2. The van der Waals surface area contributed by atoms with Crippen LogP contribution in [0.3, 0.4) is 0 Å². The summed E-state index contributed by atoms with van der Waals surface area (Å²) in [6.07, 6.45) is 0. The highest BCUT2D eigenvalue weighted by molar-refractivity contribution is 6.32. The first kappa shape index (κ1) is 18.9. The van der Waals surface area contributed by atoms with Crippen LogP contribution in [0.15, 0.2) is 42.5 Å². The molecule has 0 aliphatic heterocycles. The summed E-state index contributed by atoms with van der Waals surface area (Å²) in [4.78, 5) is 11.8. The van der Waals surface area contributed by atoms with Crippen LogP contribution in [0.2, 0.25) is 5.02 Å². The molecule has 0 aromatic heterocycles. The topological polar surface area (TPSA) is 56.8 Å². The number of nitrogens with one attached hydrogen (secondary N) is 1. The normalized spacial score (nSPS) is 10.2. The Morgan fingerprint density at radius 2 is 1.72 bits per heavy atom. The summed E-state index contributed by atoms with van der Waals surface area (Å²) in [6.45, 7) is 5.10. The van der Waals surface area contributed by atoms with Gasteiger partial charge in [0.05, 0.1) is 18.2 Å². The largest absolute Gasteiger partial charge is 0.494 e. The number of carbonyl (C=O) groups is 1. The molecule has 1 N–H and O–H groups in total. The lowest BCUT2D eigenvalue weighted by Crippen LogP contribution is -2.32. The lowest BCUT2D eigenvalue weighted by atomic mass is 10.2. The van der Waals surface area contributed by atoms with Crippen molar-refractivity contribution in [3.8, 4) is 17.2 Å². The summed E-state index contributed by atoms with van der Waals surface area (Å²) >= 11 is 6.05. The van der Waals surface area contributed by atoms with Crippen LogP contribution in [-0.2, 0) is 4.79 Å². The summed E-state index contributed by atoms with van der Waals surface area (Å²) < 4.78 is 16.4. The molecule has 0 radical (unpaired) electrons. The summed E-state index contributed by atoms with van der Waals surface area (Å²) in [5.74, 6) is 1.83. The molecule has 25 heavy (non-hydrogen) atoms. The molecule has 0 spiro atoms. The van der Waals surface area contributed by atoms with Crippen LogP contribution >= 0.6 is 11.6 Å². The third-order valence-corrected chi connectivity index (χ3v) is 3.64. The molecule has 1 amide bonds. The van der Waals surface area contributed by atoms with E-state index in [4.69, 9.17) is 25.8 Å². The van der Waals surface area contributed by atoms with Crippen LogP contribution in [0.5, 0.6) is 17.2 Å². The minimum atomic E-state index is -0.227. The monoisotopic (exact) mass is 363 g/mol. The van der Waals surface area contributed by atoms with E-state index in [-0.39, 0.29) is 12.5 Å². The van der Waals surface area contributed by atoms with Crippen LogP contribution in [0.25, 0.3) is 0 Å². The molecule has 0 heterocycles. The predicted octanol–water partition coefficient (Wildman–Crippen LogP) is 3.62. The number of aryl methyl sites for hydroxylation is 1. The molecule has 0 aliphatic carbocycles. The summed E-state index contributed by atoms with van der Waals surface area (Å²) in [7, 11) is 0. The van der Waals surface area contributed by atoms with Crippen molar-refractivity contribution in [3.63, 3.8) is 0 Å². The van der Waals surface area contributed by atoms with Crippen molar-refractivity contribution in [2.75, 3.05) is 26.4 Å². The van der Waals surface area contributed by atoms with Crippen LogP contribution in [-0.4, -0.2) is 32.3 Å². The molecule has 2 aromatic carbocycles. The molecule has 6 heteroatoms. The lowest BCUT2D eigenvalue weighted by molar-refractivity contribution is -0.123. The maximum Gasteiger partial charge on any atom is 0.258 e. The van der Waals surface area contributed by atoms with Gasteiger partial charge in [0.2, 0.25) is 0 Å². The van der Waals surface area contributed by atoms with Crippen LogP contribution in [0, 0.1) is 6.92 Å². The smallest absolute Gasteiger partial charge is 0.258 e. The average molecular weight is 364 g/mol. The highest BCUT2D eigenvalue weighted by Crippen LogP contribution is 2.27. The zero-order valence-corrected chi connectivity index (χ0v) is 15.1. The number of carbonyl (C=O) groups excluding carboxylic acids is 1. The molecular formula is C19H22ClNO4. The number of rotatable bonds is 9. The second kappa shape index (κ2) is 9.79. The third kappa shape index (κ3) is 6.19. The van der Waals surface area contributed by atoms with Crippen molar-refractivity contribution < 1.29 is 19.0 Å². The Morgan fingerprint density at radius 3 is 2.36 bits per heavy atom. The van der Waals surface area contributed by atoms with E-state index < -0.39 is 0 Å². The SMILES string of the molecule is CCOc1ccc(OCCNC(=O)COc2c(C)cccc2Cl)cc1. The molecule has 2 aromatic rings. The van der Waals surface area contributed by atoms with E-state index in [0.29, 0.717) is 30.5 Å². The fourth-order valence-electron chi connectivity index (χ4n) is 2.15. The van der Waals surface area contributed by atoms with Crippen molar-refractivity contribution in [1.82, 2.24) is 5.32 Å². The highest BCUT2D eigenvalue weighted by atomic mass is 35.5. The van der Waals surface area contributed by atoms with Crippen molar-refractivity contribution >= 4 is 17.5 Å². The van der Waals surface area contributed by atoms with Gasteiger partial charge in [-0.3, -0.25) is 4.79 Å². The quantitative estimate of drug-likeness (QED) is 0.691. The van der Waals surface area contributed by atoms with Gasteiger partial charge in [-0.2, -0.15) is 0 Å². The molecule has 134 valence electrons. The van der Waals surface area contributed by atoms with Gasteiger partial charge < -0.3 is 19.5 Å². The maximum atomic E-state index is 11.8. The predicted molar refractivity (Wildman–Crippen MR) is 97.8 cm³/mol. The van der Waals surface area contributed by atoms with Crippen molar-refractivity contribution in [3.05, 3.63) is 53.1 Å². The standard InChI is InChI=1S/C19H22ClNO4/c1-3-23-15-7-9-16(10-8-15)24-12-11-21-18(22)13-25-19-14(2)5-4-6-17(19)20/h4-10H,3,11-13H2,1-2H3,(H,21,22). The lowest BCUT2D eigenvalue weighted by Gasteiger charge is -2.11. The Hall–Kier alpha value is -2.40. The van der Waals surface area contributed by atoms with E-state index in [1.807, 2.05) is 50.2 Å². The van der Waals surface area contributed by atoms with Gasteiger partial charge in [-0.15, -0.1) is 0 Å². The number of hydrogen-bond acceptors (Lipinski definition) is 4. The summed E-state index contributed by atoms with van der Waals surface area (Å²) in [5, 5.41) is 3.23. The molecule has 5 nitrogen and oxygen atoms in total. The summed E-state index contributed by atoms with van der Waals surface area (Å²) in [6, 6.07) is 12.8. The average Bonchev–Trinajstić information content (AvgIpc) is 2.60. The van der Waals surface area contributed by atoms with E-state index in [1.165, 1.54) is 0 Å². The Balaban J connectivity index is 1.67. The molecule has 0 fully saturated rings. The first-order valence-corrected chi connectivity index (χ1v) is 8.48. The zero-order chi connectivity index (χ0) is 18.1. The van der Waals surface area contributed by atoms with E-state index in [0.717, 1.165) is 17.1 Å². The Kier molecular flexibility index (Phi) is 7.41. The Morgan fingerprint density at radius 1 is 1.04 bits per heavy atom. The van der Waals surface area contributed by atoms with E-state index >= 15 is 0 Å². The first-order chi connectivity index (χ1) is 12.1. The van der Waals surface area contributed by atoms with E-state index in [2.05, 4.69) is 5.32 Å². The van der Waals surface area contributed by atoms with Gasteiger partial charge in [-0.05, 0) is 49.7 Å². The molecule has 0 saturated heterocycles. The third-order valence-electron chi connectivity index (χ3n) is 3.34. The fourth-order valence-corrected chi connectivity index (χ4v) is 2.42. The number of hydrogen-bond donors (Lipinski definition) is 1. The fraction of sp³-hybridized carbons (Fsp3) is 0.316. The van der Waals surface area contributed by atoms with Crippen molar-refractivity contribution in [2.45, 2.75) is 13.8 Å². The van der Waals surface area contributed by atoms with Gasteiger partial charge in [0.25, 0.3) is 5.91 Å².